The third-order valence-electron chi connectivity index (χ3n) is 3.27. The first-order valence-corrected chi connectivity index (χ1v) is 6.46. The first-order chi connectivity index (χ1) is 9.47. The molecule has 0 saturated carbocycles. The number of pyridine rings is 1. The second kappa shape index (κ2) is 5.73. The lowest BCUT2D eigenvalue weighted by molar-refractivity contribution is 0.249. The number of amides is 2. The Kier molecular flexibility index (Phi) is 4.02. The van der Waals surface area contributed by atoms with Gasteiger partial charge in [-0.1, -0.05) is 6.07 Å². The van der Waals surface area contributed by atoms with Gasteiger partial charge in [0.1, 0.15) is 0 Å². The quantitative estimate of drug-likeness (QED) is 0.901. The second-order valence-corrected chi connectivity index (χ2v) is 4.82. The van der Waals surface area contributed by atoms with Crippen LogP contribution in [0.1, 0.15) is 29.9 Å². The highest BCUT2D eigenvalue weighted by Crippen LogP contribution is 2.14. The fourth-order valence-corrected chi connectivity index (χ4v) is 1.80. The van der Waals surface area contributed by atoms with E-state index >= 15 is 0 Å². The van der Waals surface area contributed by atoms with E-state index in [9.17, 15) is 4.79 Å². The number of hydrogen-bond donors (Lipinski definition) is 2. The Bertz CT molecular complexity index is 603. The van der Waals surface area contributed by atoms with Crippen molar-refractivity contribution in [2.75, 3.05) is 5.32 Å². The average Bonchev–Trinajstić information content (AvgIpc) is 2.71. The van der Waals surface area contributed by atoms with Crippen molar-refractivity contribution >= 4 is 11.7 Å². The van der Waals surface area contributed by atoms with Gasteiger partial charge in [0.2, 0.25) is 0 Å². The first kappa shape index (κ1) is 14.0. The van der Waals surface area contributed by atoms with Crippen molar-refractivity contribution in [2.24, 2.45) is 7.05 Å². The van der Waals surface area contributed by atoms with Crippen molar-refractivity contribution in [2.45, 2.75) is 26.8 Å². The Balaban J connectivity index is 1.97. The minimum absolute atomic E-state index is 0.111. The summed E-state index contributed by atoms with van der Waals surface area (Å²) in [6, 6.07) is 3.52. The molecule has 0 aliphatic carbocycles. The molecule has 0 aliphatic rings. The summed E-state index contributed by atoms with van der Waals surface area (Å²) in [5.74, 6) is 0. The molecule has 20 heavy (non-hydrogen) atoms. The summed E-state index contributed by atoms with van der Waals surface area (Å²) in [4.78, 5) is 16.2. The number of aromatic nitrogens is 3. The van der Waals surface area contributed by atoms with Crippen LogP contribution in [0.4, 0.5) is 10.5 Å². The van der Waals surface area contributed by atoms with Crippen LogP contribution in [-0.4, -0.2) is 20.8 Å². The summed E-state index contributed by atoms with van der Waals surface area (Å²) in [6.07, 6.45) is 3.41. The van der Waals surface area contributed by atoms with E-state index in [0.717, 1.165) is 17.0 Å². The van der Waals surface area contributed by atoms with Crippen molar-refractivity contribution in [1.82, 2.24) is 20.1 Å². The molecule has 0 aromatic carbocycles. The topological polar surface area (TPSA) is 71.8 Å². The van der Waals surface area contributed by atoms with Crippen molar-refractivity contribution < 1.29 is 4.79 Å². The Hall–Kier alpha value is -2.37. The number of hydrogen-bond acceptors (Lipinski definition) is 3. The lowest BCUT2D eigenvalue weighted by atomic mass is 10.1. The molecule has 1 atom stereocenters. The zero-order valence-electron chi connectivity index (χ0n) is 12.1. The zero-order valence-corrected chi connectivity index (χ0v) is 12.1. The van der Waals surface area contributed by atoms with E-state index in [4.69, 9.17) is 0 Å². The molecule has 2 N–H and O–H groups in total. The van der Waals surface area contributed by atoms with Gasteiger partial charge in [-0.3, -0.25) is 9.67 Å². The zero-order chi connectivity index (χ0) is 14.7. The molecule has 2 amide bonds. The van der Waals surface area contributed by atoms with Gasteiger partial charge in [-0.15, -0.1) is 0 Å². The Labute approximate surface area is 118 Å². The number of anilines is 1. The molecular formula is C14H19N5O. The summed E-state index contributed by atoms with van der Waals surface area (Å²) >= 11 is 0. The van der Waals surface area contributed by atoms with E-state index < -0.39 is 0 Å². The van der Waals surface area contributed by atoms with Crippen LogP contribution < -0.4 is 10.6 Å². The fraction of sp³-hybridized carbons (Fsp3) is 0.357. The molecule has 2 rings (SSSR count). The molecule has 0 saturated heterocycles. The van der Waals surface area contributed by atoms with Crippen LogP contribution in [-0.2, 0) is 7.05 Å². The van der Waals surface area contributed by atoms with Crippen LogP contribution in [0.2, 0.25) is 0 Å². The minimum atomic E-state index is -0.255. The Morgan fingerprint density at radius 1 is 1.30 bits per heavy atom. The van der Waals surface area contributed by atoms with Gasteiger partial charge in [-0.2, -0.15) is 5.10 Å². The van der Waals surface area contributed by atoms with Crippen molar-refractivity contribution in [3.63, 3.8) is 0 Å². The first-order valence-electron chi connectivity index (χ1n) is 6.46. The molecule has 0 radical (unpaired) electrons. The van der Waals surface area contributed by atoms with Crippen molar-refractivity contribution in [3.05, 3.63) is 41.5 Å². The Morgan fingerprint density at radius 2 is 2.05 bits per heavy atom. The van der Waals surface area contributed by atoms with Crippen molar-refractivity contribution in [3.8, 4) is 0 Å². The SMILES string of the molecule is Cc1ccc(C(C)NC(=O)Nc2cnn(C)c2C)cn1. The minimum Gasteiger partial charge on any atom is -0.331 e. The fourth-order valence-electron chi connectivity index (χ4n) is 1.80. The van der Waals surface area contributed by atoms with E-state index in [0.29, 0.717) is 5.69 Å². The molecular weight excluding hydrogens is 254 g/mol. The molecule has 0 bridgehead atoms. The smallest absolute Gasteiger partial charge is 0.319 e. The second-order valence-electron chi connectivity index (χ2n) is 4.82. The maximum atomic E-state index is 11.9. The van der Waals surface area contributed by atoms with Crippen LogP contribution in [0.5, 0.6) is 0 Å². The lowest BCUT2D eigenvalue weighted by Crippen LogP contribution is -2.31. The van der Waals surface area contributed by atoms with Crippen molar-refractivity contribution in [1.29, 1.82) is 0 Å². The number of carbonyl (C=O) groups excluding carboxylic acids is 1. The average molecular weight is 273 g/mol. The third-order valence-corrected chi connectivity index (χ3v) is 3.27. The summed E-state index contributed by atoms with van der Waals surface area (Å²) in [6.45, 7) is 5.75. The van der Waals surface area contributed by atoms with E-state index in [-0.39, 0.29) is 12.1 Å². The summed E-state index contributed by atoms with van der Waals surface area (Å²) < 4.78 is 1.71. The maximum Gasteiger partial charge on any atom is 0.319 e. The number of nitrogens with one attached hydrogen (secondary N) is 2. The molecule has 2 heterocycles. The number of urea groups is 1. The van der Waals surface area contributed by atoms with Gasteiger partial charge < -0.3 is 10.6 Å². The van der Waals surface area contributed by atoms with E-state index in [1.54, 1.807) is 17.1 Å². The van der Waals surface area contributed by atoms with Crippen LogP contribution in [0, 0.1) is 13.8 Å². The van der Waals surface area contributed by atoms with E-state index in [1.807, 2.05) is 40.0 Å². The molecule has 1 unspecified atom stereocenters. The number of aryl methyl sites for hydroxylation is 2. The molecule has 2 aromatic heterocycles. The Morgan fingerprint density at radius 3 is 2.60 bits per heavy atom. The predicted molar refractivity (Wildman–Crippen MR) is 77.5 cm³/mol. The molecule has 0 fully saturated rings. The number of rotatable bonds is 3. The molecule has 106 valence electrons. The largest absolute Gasteiger partial charge is 0.331 e. The maximum absolute atomic E-state index is 11.9. The number of carbonyl (C=O) groups is 1. The van der Waals surface area contributed by atoms with Crippen LogP contribution in [0.25, 0.3) is 0 Å². The summed E-state index contributed by atoms with van der Waals surface area (Å²) in [5.41, 5.74) is 3.54. The molecule has 0 spiro atoms. The highest BCUT2D eigenvalue weighted by molar-refractivity contribution is 5.89. The van der Waals surface area contributed by atoms with Gasteiger partial charge in [-0.25, -0.2) is 4.79 Å². The highest BCUT2D eigenvalue weighted by Gasteiger charge is 2.12. The molecule has 0 aliphatic heterocycles. The highest BCUT2D eigenvalue weighted by atomic mass is 16.2. The normalized spacial score (nSPS) is 12.0. The standard InChI is InChI=1S/C14H19N5O/c1-9-5-6-12(7-15-9)10(2)17-14(20)18-13-8-16-19(4)11(13)3/h5-8,10H,1-4H3,(H2,17,18,20). The molecule has 2 aromatic rings. The van der Waals surface area contributed by atoms with Gasteiger partial charge >= 0.3 is 6.03 Å². The molecule has 6 nitrogen and oxygen atoms in total. The monoisotopic (exact) mass is 273 g/mol. The van der Waals surface area contributed by atoms with Crippen LogP contribution in [0.15, 0.2) is 24.5 Å². The van der Waals surface area contributed by atoms with Gasteiger partial charge in [0.25, 0.3) is 0 Å². The van der Waals surface area contributed by atoms with Gasteiger partial charge in [0.05, 0.1) is 23.6 Å². The molecule has 6 heteroatoms. The summed E-state index contributed by atoms with van der Waals surface area (Å²) in [5, 5.41) is 9.74. The van der Waals surface area contributed by atoms with E-state index in [1.165, 1.54) is 0 Å². The summed E-state index contributed by atoms with van der Waals surface area (Å²) in [7, 11) is 1.83. The third kappa shape index (κ3) is 3.14. The van der Waals surface area contributed by atoms with Gasteiger partial charge in [0.15, 0.2) is 0 Å². The number of nitrogens with zero attached hydrogens (tertiary/aromatic N) is 3. The van der Waals surface area contributed by atoms with Gasteiger partial charge in [0, 0.05) is 18.9 Å². The lowest BCUT2D eigenvalue weighted by Gasteiger charge is -2.14. The van der Waals surface area contributed by atoms with Gasteiger partial charge in [-0.05, 0) is 32.4 Å². The van der Waals surface area contributed by atoms with Crippen LogP contribution in [0.3, 0.4) is 0 Å². The van der Waals surface area contributed by atoms with E-state index in [2.05, 4.69) is 20.7 Å². The van der Waals surface area contributed by atoms with Crippen LogP contribution >= 0.6 is 0 Å². The predicted octanol–water partition coefficient (Wildman–Crippen LogP) is 2.31.